The summed E-state index contributed by atoms with van der Waals surface area (Å²) >= 11 is 1.32. The standard InChI is InChI=1S/C19H14N2O6S/c1-26-16-9-6-13(21(24)25)11-15(16)19(23)27-14-7-4-12(5-8-14)20-18(22)17-3-2-10-28-17/h2-11H,1H3,(H,20,22). The Morgan fingerprint density at radius 3 is 2.46 bits per heavy atom. The molecule has 1 amide bonds. The minimum absolute atomic E-state index is 0.0632. The molecule has 0 saturated carbocycles. The van der Waals surface area contributed by atoms with Crippen LogP contribution in [0.4, 0.5) is 11.4 Å². The van der Waals surface area contributed by atoms with Crippen LogP contribution in [0.15, 0.2) is 60.0 Å². The third kappa shape index (κ3) is 4.33. The van der Waals surface area contributed by atoms with E-state index in [2.05, 4.69) is 5.32 Å². The summed E-state index contributed by atoms with van der Waals surface area (Å²) in [5, 5.41) is 15.5. The molecule has 0 bridgehead atoms. The van der Waals surface area contributed by atoms with Crippen molar-refractivity contribution >= 4 is 34.6 Å². The Labute approximate surface area is 163 Å². The van der Waals surface area contributed by atoms with E-state index in [-0.39, 0.29) is 28.7 Å². The second-order valence-corrected chi connectivity index (χ2v) is 6.43. The van der Waals surface area contributed by atoms with Crippen molar-refractivity contribution in [2.24, 2.45) is 0 Å². The van der Waals surface area contributed by atoms with E-state index in [1.807, 2.05) is 0 Å². The first-order chi connectivity index (χ1) is 13.5. The van der Waals surface area contributed by atoms with Crippen molar-refractivity contribution in [2.75, 3.05) is 12.4 Å². The molecule has 9 heteroatoms. The molecular weight excluding hydrogens is 384 g/mol. The molecule has 0 radical (unpaired) electrons. The van der Waals surface area contributed by atoms with Crippen LogP contribution in [-0.4, -0.2) is 23.9 Å². The highest BCUT2D eigenvalue weighted by Gasteiger charge is 2.19. The zero-order chi connectivity index (χ0) is 20.1. The fraction of sp³-hybridized carbons (Fsp3) is 0.0526. The average molecular weight is 398 g/mol. The molecule has 28 heavy (non-hydrogen) atoms. The maximum atomic E-state index is 12.4. The van der Waals surface area contributed by atoms with Gasteiger partial charge in [0.15, 0.2) is 0 Å². The summed E-state index contributed by atoms with van der Waals surface area (Å²) < 4.78 is 10.3. The van der Waals surface area contributed by atoms with Gasteiger partial charge >= 0.3 is 5.97 Å². The van der Waals surface area contributed by atoms with Crippen LogP contribution in [0.1, 0.15) is 20.0 Å². The lowest BCUT2D eigenvalue weighted by atomic mass is 10.2. The van der Waals surface area contributed by atoms with Gasteiger partial charge in [0.25, 0.3) is 11.6 Å². The average Bonchev–Trinajstić information content (AvgIpc) is 3.24. The number of carbonyl (C=O) groups excluding carboxylic acids is 2. The Balaban J connectivity index is 1.72. The second kappa shape index (κ2) is 8.31. The van der Waals surface area contributed by atoms with Crippen molar-refractivity contribution in [3.8, 4) is 11.5 Å². The fourth-order valence-electron chi connectivity index (χ4n) is 2.34. The van der Waals surface area contributed by atoms with E-state index in [1.165, 1.54) is 42.7 Å². The molecule has 0 aliphatic rings. The van der Waals surface area contributed by atoms with E-state index >= 15 is 0 Å². The molecule has 0 fully saturated rings. The lowest BCUT2D eigenvalue weighted by molar-refractivity contribution is -0.384. The number of hydrogen-bond acceptors (Lipinski definition) is 7. The Hall–Kier alpha value is -3.72. The minimum atomic E-state index is -0.795. The molecule has 142 valence electrons. The fourth-order valence-corrected chi connectivity index (χ4v) is 2.96. The van der Waals surface area contributed by atoms with Gasteiger partial charge in [0, 0.05) is 17.8 Å². The molecule has 3 aromatic rings. The number of hydrogen-bond donors (Lipinski definition) is 1. The molecule has 0 atom stereocenters. The van der Waals surface area contributed by atoms with Crippen LogP contribution in [0.5, 0.6) is 11.5 Å². The Bertz CT molecular complexity index is 1020. The molecule has 0 aliphatic carbocycles. The van der Waals surface area contributed by atoms with Gasteiger partial charge < -0.3 is 14.8 Å². The molecule has 1 N–H and O–H groups in total. The maximum absolute atomic E-state index is 12.4. The highest BCUT2D eigenvalue weighted by molar-refractivity contribution is 7.12. The molecule has 3 rings (SSSR count). The molecule has 0 aliphatic heterocycles. The molecule has 1 aromatic heterocycles. The van der Waals surface area contributed by atoms with Gasteiger partial charge in [-0.1, -0.05) is 6.07 Å². The summed E-state index contributed by atoms with van der Waals surface area (Å²) in [6.45, 7) is 0. The van der Waals surface area contributed by atoms with Crippen LogP contribution < -0.4 is 14.8 Å². The van der Waals surface area contributed by atoms with E-state index in [9.17, 15) is 19.7 Å². The predicted molar refractivity (Wildman–Crippen MR) is 103 cm³/mol. The summed E-state index contributed by atoms with van der Waals surface area (Å²) in [4.78, 5) is 35.3. The van der Waals surface area contributed by atoms with Crippen LogP contribution in [0.2, 0.25) is 0 Å². The monoisotopic (exact) mass is 398 g/mol. The Morgan fingerprint density at radius 1 is 1.11 bits per heavy atom. The quantitative estimate of drug-likeness (QED) is 0.289. The van der Waals surface area contributed by atoms with Gasteiger partial charge in [0.05, 0.1) is 16.9 Å². The first kappa shape index (κ1) is 19.1. The topological polar surface area (TPSA) is 108 Å². The summed E-state index contributed by atoms with van der Waals surface area (Å²) in [5.41, 5.74) is 0.220. The van der Waals surface area contributed by atoms with E-state index < -0.39 is 10.9 Å². The van der Waals surface area contributed by atoms with Crippen molar-refractivity contribution in [3.63, 3.8) is 0 Å². The zero-order valence-electron chi connectivity index (χ0n) is 14.6. The molecule has 0 saturated heterocycles. The number of nitrogens with zero attached hydrogens (tertiary/aromatic N) is 1. The van der Waals surface area contributed by atoms with Crippen molar-refractivity contribution in [1.82, 2.24) is 0 Å². The van der Waals surface area contributed by atoms with Crippen LogP contribution in [0, 0.1) is 10.1 Å². The molecule has 0 spiro atoms. The number of esters is 1. The lowest BCUT2D eigenvalue weighted by Gasteiger charge is -2.09. The van der Waals surface area contributed by atoms with Gasteiger partial charge in [-0.15, -0.1) is 11.3 Å². The third-order valence-corrected chi connectivity index (χ3v) is 4.55. The summed E-state index contributed by atoms with van der Waals surface area (Å²) in [7, 11) is 1.35. The van der Waals surface area contributed by atoms with Crippen LogP contribution in [0.25, 0.3) is 0 Å². The minimum Gasteiger partial charge on any atom is -0.496 e. The molecule has 0 unspecified atom stereocenters. The number of rotatable bonds is 6. The number of non-ortho nitro benzene ring substituents is 1. The highest BCUT2D eigenvalue weighted by Crippen LogP contribution is 2.26. The zero-order valence-corrected chi connectivity index (χ0v) is 15.4. The molecule has 2 aromatic carbocycles. The van der Waals surface area contributed by atoms with Crippen molar-refractivity contribution in [3.05, 3.63) is 80.5 Å². The predicted octanol–water partition coefficient (Wildman–Crippen LogP) is 4.14. The lowest BCUT2D eigenvalue weighted by Crippen LogP contribution is -2.11. The van der Waals surface area contributed by atoms with Crippen molar-refractivity contribution in [1.29, 1.82) is 0 Å². The number of methoxy groups -OCH3 is 1. The number of nitro benzene ring substituents is 1. The SMILES string of the molecule is COc1ccc([N+](=O)[O-])cc1C(=O)Oc1ccc(NC(=O)c2cccs2)cc1. The number of carbonyl (C=O) groups is 2. The van der Waals surface area contributed by atoms with Gasteiger partial charge in [-0.2, -0.15) is 0 Å². The van der Waals surface area contributed by atoms with Gasteiger partial charge in [-0.3, -0.25) is 14.9 Å². The van der Waals surface area contributed by atoms with Crippen molar-refractivity contribution in [2.45, 2.75) is 0 Å². The summed E-state index contributed by atoms with van der Waals surface area (Å²) in [5.74, 6) is -0.653. The van der Waals surface area contributed by atoms with E-state index in [0.29, 0.717) is 10.6 Å². The number of ether oxygens (including phenoxy) is 2. The van der Waals surface area contributed by atoms with Crippen LogP contribution in [-0.2, 0) is 0 Å². The smallest absolute Gasteiger partial charge is 0.347 e. The normalized spacial score (nSPS) is 10.2. The van der Waals surface area contributed by atoms with Crippen molar-refractivity contribution < 1.29 is 24.0 Å². The molecule has 8 nitrogen and oxygen atoms in total. The number of anilines is 1. The first-order valence-corrected chi connectivity index (χ1v) is 8.85. The number of benzene rings is 2. The third-order valence-electron chi connectivity index (χ3n) is 3.68. The van der Waals surface area contributed by atoms with E-state index in [4.69, 9.17) is 9.47 Å². The highest BCUT2D eigenvalue weighted by atomic mass is 32.1. The maximum Gasteiger partial charge on any atom is 0.347 e. The van der Waals surface area contributed by atoms with Gasteiger partial charge in [0.1, 0.15) is 17.1 Å². The first-order valence-electron chi connectivity index (χ1n) is 7.97. The van der Waals surface area contributed by atoms with Crippen LogP contribution >= 0.6 is 11.3 Å². The van der Waals surface area contributed by atoms with Crippen LogP contribution in [0.3, 0.4) is 0 Å². The second-order valence-electron chi connectivity index (χ2n) is 5.49. The van der Waals surface area contributed by atoms with E-state index in [1.54, 1.807) is 29.6 Å². The largest absolute Gasteiger partial charge is 0.496 e. The molecular formula is C19H14N2O6S. The Kier molecular flexibility index (Phi) is 5.66. The molecule has 1 heterocycles. The van der Waals surface area contributed by atoms with Gasteiger partial charge in [-0.05, 0) is 41.8 Å². The number of amides is 1. The Morgan fingerprint density at radius 2 is 1.86 bits per heavy atom. The van der Waals surface area contributed by atoms with Gasteiger partial charge in [0.2, 0.25) is 0 Å². The summed E-state index contributed by atoms with van der Waals surface area (Å²) in [6.07, 6.45) is 0. The number of nitrogens with one attached hydrogen (secondary N) is 1. The van der Waals surface area contributed by atoms with Gasteiger partial charge in [-0.25, -0.2) is 4.79 Å². The summed E-state index contributed by atoms with van der Waals surface area (Å²) in [6, 6.07) is 13.3. The number of thiophene rings is 1. The number of nitro groups is 1. The van der Waals surface area contributed by atoms with E-state index in [0.717, 1.165) is 6.07 Å².